The fraction of sp³-hybridized carbons (Fsp3) is 0.812. The predicted octanol–water partition coefficient (Wildman–Crippen LogP) is 1.66. The highest BCUT2D eigenvalue weighted by Crippen LogP contribution is 2.33. The number of hydrogen-bond acceptors (Lipinski definition) is 4. The maximum absolute atomic E-state index is 9.27. The van der Waals surface area contributed by atoms with Crippen molar-refractivity contribution >= 4 is 0 Å². The first-order chi connectivity index (χ1) is 10.3. The van der Waals surface area contributed by atoms with E-state index in [-0.39, 0.29) is 12.7 Å². The number of morpholine rings is 1. The fourth-order valence-electron chi connectivity index (χ4n) is 3.67. The van der Waals surface area contributed by atoms with E-state index in [2.05, 4.69) is 11.1 Å². The smallest absolute Gasteiger partial charge is 0.0933 e. The van der Waals surface area contributed by atoms with Crippen molar-refractivity contribution < 1.29 is 9.84 Å². The minimum Gasteiger partial charge on any atom is -0.394 e. The van der Waals surface area contributed by atoms with E-state index in [0.717, 1.165) is 19.6 Å². The summed E-state index contributed by atoms with van der Waals surface area (Å²) in [4.78, 5) is 2.38. The zero-order valence-electron chi connectivity index (χ0n) is 13.0. The van der Waals surface area contributed by atoms with Gasteiger partial charge in [0.05, 0.1) is 25.0 Å². The van der Waals surface area contributed by atoms with Crippen molar-refractivity contribution in [1.29, 1.82) is 0 Å². The van der Waals surface area contributed by atoms with Crippen LogP contribution in [0.3, 0.4) is 0 Å². The lowest BCUT2D eigenvalue weighted by Gasteiger charge is -2.32. The zero-order valence-corrected chi connectivity index (χ0v) is 13.0. The maximum Gasteiger partial charge on any atom is 0.0933 e. The van der Waals surface area contributed by atoms with Crippen LogP contribution in [0.15, 0.2) is 6.20 Å². The van der Waals surface area contributed by atoms with Crippen molar-refractivity contribution in [2.75, 3.05) is 26.3 Å². The van der Waals surface area contributed by atoms with E-state index >= 15 is 0 Å². The number of aryl methyl sites for hydroxylation is 1. The minimum absolute atomic E-state index is 0.0337. The number of rotatable bonds is 4. The molecule has 0 unspecified atom stereocenters. The number of aliphatic hydroxyl groups is 1. The van der Waals surface area contributed by atoms with Crippen molar-refractivity contribution in [2.45, 2.75) is 50.7 Å². The highest BCUT2D eigenvalue weighted by atomic mass is 16.5. The highest BCUT2D eigenvalue weighted by Gasteiger charge is 2.25. The average molecular weight is 293 g/mol. The summed E-state index contributed by atoms with van der Waals surface area (Å²) in [7, 11) is 2.02. The predicted molar refractivity (Wildman–Crippen MR) is 81.1 cm³/mol. The second-order valence-electron chi connectivity index (χ2n) is 6.46. The van der Waals surface area contributed by atoms with E-state index in [4.69, 9.17) is 9.84 Å². The summed E-state index contributed by atoms with van der Waals surface area (Å²) in [6, 6.07) is 0. The van der Waals surface area contributed by atoms with E-state index in [1.165, 1.54) is 43.4 Å². The van der Waals surface area contributed by atoms with Gasteiger partial charge in [-0.3, -0.25) is 9.58 Å². The third-order valence-corrected chi connectivity index (χ3v) is 4.75. The van der Waals surface area contributed by atoms with Crippen LogP contribution in [0.5, 0.6) is 0 Å². The van der Waals surface area contributed by atoms with Gasteiger partial charge in [0.1, 0.15) is 0 Å². The second kappa shape index (κ2) is 6.90. The second-order valence-corrected chi connectivity index (χ2v) is 6.46. The Morgan fingerprint density at radius 1 is 1.33 bits per heavy atom. The van der Waals surface area contributed by atoms with Crippen LogP contribution in [0.25, 0.3) is 0 Å². The Bertz CT molecular complexity index is 454. The van der Waals surface area contributed by atoms with E-state index < -0.39 is 0 Å². The molecule has 1 N–H and O–H groups in total. The van der Waals surface area contributed by atoms with Gasteiger partial charge in [-0.2, -0.15) is 5.10 Å². The molecule has 1 aromatic heterocycles. The van der Waals surface area contributed by atoms with E-state index in [9.17, 15) is 5.11 Å². The lowest BCUT2D eigenvalue weighted by atomic mass is 9.85. The summed E-state index contributed by atoms with van der Waals surface area (Å²) in [5, 5.41) is 14.0. The molecule has 1 aliphatic carbocycles. The normalized spacial score (nSPS) is 25.3. The molecule has 3 rings (SSSR count). The summed E-state index contributed by atoms with van der Waals surface area (Å²) < 4.78 is 7.50. The molecule has 2 heterocycles. The summed E-state index contributed by atoms with van der Waals surface area (Å²) in [6.45, 7) is 3.51. The molecular formula is C16H27N3O2. The standard InChI is InChI=1S/C16H27N3O2/c1-18-9-14(10-19-7-8-21-15(11-19)12-20)16(17-18)13-5-3-2-4-6-13/h9,13,15,20H,2-8,10-12H2,1H3/t15-/m0/s1. The van der Waals surface area contributed by atoms with Gasteiger partial charge in [-0.25, -0.2) is 0 Å². The SMILES string of the molecule is Cn1cc(CN2CCO[C@H](CO)C2)c(C2CCCCC2)n1. The number of aliphatic hydroxyl groups excluding tert-OH is 1. The van der Waals surface area contributed by atoms with Crippen LogP contribution in [0.2, 0.25) is 0 Å². The Morgan fingerprint density at radius 3 is 2.90 bits per heavy atom. The number of aromatic nitrogens is 2. The Hall–Kier alpha value is -0.910. The first kappa shape index (κ1) is 15.0. The van der Waals surface area contributed by atoms with E-state index in [1.807, 2.05) is 11.7 Å². The Kier molecular flexibility index (Phi) is 4.93. The van der Waals surface area contributed by atoms with E-state index in [0.29, 0.717) is 12.5 Å². The van der Waals surface area contributed by atoms with Crippen molar-refractivity contribution in [3.63, 3.8) is 0 Å². The van der Waals surface area contributed by atoms with E-state index in [1.54, 1.807) is 0 Å². The maximum atomic E-state index is 9.27. The van der Waals surface area contributed by atoms with Crippen molar-refractivity contribution in [3.05, 3.63) is 17.5 Å². The van der Waals surface area contributed by atoms with Gasteiger partial charge in [-0.1, -0.05) is 19.3 Å². The molecule has 1 saturated carbocycles. The highest BCUT2D eigenvalue weighted by molar-refractivity contribution is 5.21. The zero-order chi connectivity index (χ0) is 14.7. The largest absolute Gasteiger partial charge is 0.394 e. The molecule has 0 spiro atoms. The van der Waals surface area contributed by atoms with Crippen LogP contribution in [-0.2, 0) is 18.3 Å². The van der Waals surface area contributed by atoms with Crippen LogP contribution in [-0.4, -0.2) is 52.2 Å². The van der Waals surface area contributed by atoms with Crippen molar-refractivity contribution in [2.24, 2.45) is 7.05 Å². The molecule has 1 aliphatic heterocycles. The molecule has 0 aromatic carbocycles. The number of hydrogen-bond donors (Lipinski definition) is 1. The topological polar surface area (TPSA) is 50.5 Å². The fourth-order valence-corrected chi connectivity index (χ4v) is 3.67. The van der Waals surface area contributed by atoms with Gasteiger partial charge in [0.2, 0.25) is 0 Å². The molecule has 2 aliphatic rings. The van der Waals surface area contributed by atoms with Crippen LogP contribution in [0.4, 0.5) is 0 Å². The molecule has 1 aromatic rings. The van der Waals surface area contributed by atoms with Gasteiger partial charge in [0.15, 0.2) is 0 Å². The third kappa shape index (κ3) is 3.65. The molecule has 5 nitrogen and oxygen atoms in total. The van der Waals surface area contributed by atoms with Gasteiger partial charge in [0, 0.05) is 44.4 Å². The minimum atomic E-state index is -0.0337. The molecule has 0 bridgehead atoms. The molecule has 1 atom stereocenters. The lowest BCUT2D eigenvalue weighted by molar-refractivity contribution is -0.0551. The molecule has 0 radical (unpaired) electrons. The van der Waals surface area contributed by atoms with Gasteiger partial charge in [0.25, 0.3) is 0 Å². The Morgan fingerprint density at radius 2 is 2.14 bits per heavy atom. The van der Waals surface area contributed by atoms with Crippen LogP contribution >= 0.6 is 0 Å². The lowest BCUT2D eigenvalue weighted by Crippen LogP contribution is -2.43. The first-order valence-electron chi connectivity index (χ1n) is 8.23. The molecule has 5 heteroatoms. The molecule has 1 saturated heterocycles. The summed E-state index contributed by atoms with van der Waals surface area (Å²) in [6.07, 6.45) is 8.76. The molecule has 2 fully saturated rings. The molecule has 21 heavy (non-hydrogen) atoms. The number of nitrogens with zero attached hydrogens (tertiary/aromatic N) is 3. The van der Waals surface area contributed by atoms with Gasteiger partial charge in [-0.15, -0.1) is 0 Å². The summed E-state index contributed by atoms with van der Waals surface area (Å²) >= 11 is 0. The monoisotopic (exact) mass is 293 g/mol. The van der Waals surface area contributed by atoms with Crippen LogP contribution < -0.4 is 0 Å². The summed E-state index contributed by atoms with van der Waals surface area (Å²) in [5.41, 5.74) is 2.67. The van der Waals surface area contributed by atoms with Gasteiger partial charge < -0.3 is 9.84 Å². The first-order valence-corrected chi connectivity index (χ1v) is 8.23. The number of ether oxygens (including phenoxy) is 1. The van der Waals surface area contributed by atoms with Gasteiger partial charge in [-0.05, 0) is 12.8 Å². The molecule has 118 valence electrons. The molecular weight excluding hydrogens is 266 g/mol. The van der Waals surface area contributed by atoms with Crippen LogP contribution in [0.1, 0.15) is 49.3 Å². The molecule has 0 amide bonds. The van der Waals surface area contributed by atoms with Crippen LogP contribution in [0, 0.1) is 0 Å². The quantitative estimate of drug-likeness (QED) is 0.917. The Labute approximate surface area is 126 Å². The van der Waals surface area contributed by atoms with Crippen molar-refractivity contribution in [3.8, 4) is 0 Å². The Balaban J connectivity index is 1.69. The van der Waals surface area contributed by atoms with Crippen molar-refractivity contribution in [1.82, 2.24) is 14.7 Å². The third-order valence-electron chi connectivity index (χ3n) is 4.75. The van der Waals surface area contributed by atoms with Gasteiger partial charge >= 0.3 is 0 Å². The summed E-state index contributed by atoms with van der Waals surface area (Å²) in [5.74, 6) is 0.643. The average Bonchev–Trinajstić information content (AvgIpc) is 2.89.